The first-order chi connectivity index (χ1) is 9.15. The molecule has 5 heteroatoms. The van der Waals surface area contributed by atoms with Gasteiger partial charge in [0.15, 0.2) is 0 Å². The van der Waals surface area contributed by atoms with Crippen LogP contribution >= 0.6 is 11.3 Å². The molecule has 3 rings (SSSR count). The van der Waals surface area contributed by atoms with Crippen molar-refractivity contribution >= 4 is 27.4 Å². The lowest BCUT2D eigenvalue weighted by Crippen LogP contribution is -2.42. The van der Waals surface area contributed by atoms with Crippen molar-refractivity contribution in [3.05, 3.63) is 17.3 Å². The highest BCUT2D eigenvalue weighted by Gasteiger charge is 2.23. The molecule has 1 aliphatic heterocycles. The SMILES string of the molecule is Cc1cc2c(N3CCC(N(C)C)CC3)ncnc2s1. The molecule has 0 saturated carbocycles. The van der Waals surface area contributed by atoms with Crippen LogP contribution in [0.1, 0.15) is 17.7 Å². The fourth-order valence-electron chi connectivity index (χ4n) is 2.81. The monoisotopic (exact) mass is 276 g/mol. The molecule has 0 aromatic carbocycles. The van der Waals surface area contributed by atoms with Crippen LogP contribution in [0, 0.1) is 6.92 Å². The molecule has 1 aliphatic rings. The van der Waals surface area contributed by atoms with Gasteiger partial charge in [0.05, 0.1) is 5.39 Å². The van der Waals surface area contributed by atoms with Gasteiger partial charge in [0.25, 0.3) is 0 Å². The Morgan fingerprint density at radius 1 is 1.26 bits per heavy atom. The molecule has 1 fully saturated rings. The number of anilines is 1. The molecular formula is C14H20N4S. The Bertz CT molecular complexity index is 570. The molecule has 0 amide bonds. The van der Waals surface area contributed by atoms with Gasteiger partial charge in [-0.05, 0) is 39.9 Å². The van der Waals surface area contributed by atoms with Crippen LogP contribution in [0.25, 0.3) is 10.2 Å². The van der Waals surface area contributed by atoms with Gasteiger partial charge in [0.1, 0.15) is 17.0 Å². The lowest BCUT2D eigenvalue weighted by Gasteiger charge is -2.35. The second-order valence-corrected chi connectivity index (χ2v) is 6.69. The maximum absolute atomic E-state index is 4.52. The lowest BCUT2D eigenvalue weighted by molar-refractivity contribution is 0.249. The lowest BCUT2D eigenvalue weighted by atomic mass is 10.0. The van der Waals surface area contributed by atoms with E-state index in [4.69, 9.17) is 0 Å². The average Bonchev–Trinajstić information content (AvgIpc) is 2.78. The molecule has 0 atom stereocenters. The number of hydrogen-bond donors (Lipinski definition) is 0. The van der Waals surface area contributed by atoms with Gasteiger partial charge < -0.3 is 9.80 Å². The molecule has 3 heterocycles. The normalized spacial score (nSPS) is 17.6. The second-order valence-electron chi connectivity index (χ2n) is 5.45. The van der Waals surface area contributed by atoms with Crippen molar-refractivity contribution < 1.29 is 0 Å². The summed E-state index contributed by atoms with van der Waals surface area (Å²) < 4.78 is 0. The number of aromatic nitrogens is 2. The highest BCUT2D eigenvalue weighted by Crippen LogP contribution is 2.31. The van der Waals surface area contributed by atoms with E-state index in [1.165, 1.54) is 23.1 Å². The fraction of sp³-hybridized carbons (Fsp3) is 0.571. The molecular weight excluding hydrogens is 256 g/mol. The topological polar surface area (TPSA) is 32.3 Å². The maximum Gasteiger partial charge on any atom is 0.140 e. The average molecular weight is 276 g/mol. The van der Waals surface area contributed by atoms with E-state index in [2.05, 4.69) is 46.9 Å². The number of aryl methyl sites for hydroxylation is 1. The van der Waals surface area contributed by atoms with Crippen LogP contribution in [0.2, 0.25) is 0 Å². The van der Waals surface area contributed by atoms with Crippen LogP contribution in [0.3, 0.4) is 0 Å². The quantitative estimate of drug-likeness (QED) is 0.844. The third kappa shape index (κ3) is 2.44. The van der Waals surface area contributed by atoms with Gasteiger partial charge in [-0.2, -0.15) is 0 Å². The summed E-state index contributed by atoms with van der Waals surface area (Å²) in [6, 6.07) is 2.92. The first-order valence-electron chi connectivity index (χ1n) is 6.77. The number of fused-ring (bicyclic) bond motifs is 1. The number of rotatable bonds is 2. The van der Waals surface area contributed by atoms with E-state index in [-0.39, 0.29) is 0 Å². The van der Waals surface area contributed by atoms with Crippen LogP contribution in [0.15, 0.2) is 12.4 Å². The van der Waals surface area contributed by atoms with Crippen molar-refractivity contribution in [3.63, 3.8) is 0 Å². The largest absolute Gasteiger partial charge is 0.356 e. The zero-order valence-corrected chi connectivity index (χ0v) is 12.6. The summed E-state index contributed by atoms with van der Waals surface area (Å²) in [5, 5.41) is 1.22. The minimum absolute atomic E-state index is 0.706. The van der Waals surface area contributed by atoms with E-state index in [1.54, 1.807) is 17.7 Å². The van der Waals surface area contributed by atoms with Gasteiger partial charge in [-0.15, -0.1) is 11.3 Å². The number of hydrogen-bond acceptors (Lipinski definition) is 5. The third-order valence-corrected chi connectivity index (χ3v) is 4.88. The summed E-state index contributed by atoms with van der Waals surface area (Å²) in [6.45, 7) is 4.31. The summed E-state index contributed by atoms with van der Waals surface area (Å²) in [6.07, 6.45) is 4.12. The van der Waals surface area contributed by atoms with E-state index < -0.39 is 0 Å². The minimum atomic E-state index is 0.706. The number of thiophene rings is 1. The molecule has 1 saturated heterocycles. The summed E-state index contributed by atoms with van der Waals surface area (Å²) in [4.78, 5) is 16.1. The molecule has 19 heavy (non-hydrogen) atoms. The van der Waals surface area contributed by atoms with Crippen molar-refractivity contribution in [2.75, 3.05) is 32.1 Å². The Kier molecular flexibility index (Phi) is 3.41. The zero-order valence-electron chi connectivity index (χ0n) is 11.8. The molecule has 102 valence electrons. The maximum atomic E-state index is 4.52. The molecule has 0 bridgehead atoms. The predicted octanol–water partition coefficient (Wildman–Crippen LogP) is 2.53. The van der Waals surface area contributed by atoms with E-state index in [1.807, 2.05) is 0 Å². The Morgan fingerprint density at radius 3 is 2.68 bits per heavy atom. The van der Waals surface area contributed by atoms with Crippen LogP contribution in [0.4, 0.5) is 5.82 Å². The Labute approximate surface area is 118 Å². The van der Waals surface area contributed by atoms with Crippen molar-refractivity contribution in [2.24, 2.45) is 0 Å². The van der Waals surface area contributed by atoms with E-state index in [0.29, 0.717) is 6.04 Å². The Balaban J connectivity index is 1.85. The van der Waals surface area contributed by atoms with Gasteiger partial charge in [-0.1, -0.05) is 0 Å². The fourth-order valence-corrected chi connectivity index (χ4v) is 3.65. The standard InChI is InChI=1S/C14H20N4S/c1-10-8-12-13(15-9-16-14(12)19-10)18-6-4-11(5-7-18)17(2)3/h8-9,11H,4-7H2,1-3H3. The van der Waals surface area contributed by atoms with Crippen molar-refractivity contribution in [1.29, 1.82) is 0 Å². The molecule has 0 unspecified atom stereocenters. The summed E-state index contributed by atoms with van der Waals surface area (Å²) in [7, 11) is 4.34. The van der Waals surface area contributed by atoms with E-state index >= 15 is 0 Å². The van der Waals surface area contributed by atoms with Crippen LogP contribution < -0.4 is 4.90 Å². The van der Waals surface area contributed by atoms with E-state index in [9.17, 15) is 0 Å². The molecule has 0 spiro atoms. The number of piperidine rings is 1. The zero-order chi connectivity index (χ0) is 13.4. The van der Waals surface area contributed by atoms with E-state index in [0.717, 1.165) is 23.7 Å². The van der Waals surface area contributed by atoms with Crippen molar-refractivity contribution in [2.45, 2.75) is 25.8 Å². The summed E-state index contributed by atoms with van der Waals surface area (Å²) >= 11 is 1.75. The molecule has 2 aromatic heterocycles. The predicted molar refractivity (Wildman–Crippen MR) is 81.1 cm³/mol. The summed E-state index contributed by atoms with van der Waals surface area (Å²) in [5.74, 6) is 1.12. The highest BCUT2D eigenvalue weighted by molar-refractivity contribution is 7.18. The first kappa shape index (κ1) is 12.8. The van der Waals surface area contributed by atoms with Gasteiger partial charge in [-0.3, -0.25) is 0 Å². The Hall–Kier alpha value is -1.20. The van der Waals surface area contributed by atoms with Gasteiger partial charge >= 0.3 is 0 Å². The van der Waals surface area contributed by atoms with Crippen molar-refractivity contribution in [1.82, 2.24) is 14.9 Å². The summed E-state index contributed by atoms with van der Waals surface area (Å²) in [5.41, 5.74) is 0. The molecule has 0 aliphatic carbocycles. The van der Waals surface area contributed by atoms with Crippen LogP contribution in [-0.4, -0.2) is 48.1 Å². The third-order valence-electron chi connectivity index (χ3n) is 3.93. The molecule has 0 N–H and O–H groups in total. The Morgan fingerprint density at radius 2 is 2.00 bits per heavy atom. The van der Waals surface area contributed by atoms with Gasteiger partial charge in [0, 0.05) is 24.0 Å². The molecule has 0 radical (unpaired) electrons. The van der Waals surface area contributed by atoms with Gasteiger partial charge in [0.2, 0.25) is 0 Å². The van der Waals surface area contributed by atoms with Gasteiger partial charge in [-0.25, -0.2) is 9.97 Å². The highest BCUT2D eigenvalue weighted by atomic mass is 32.1. The van der Waals surface area contributed by atoms with Crippen LogP contribution in [0.5, 0.6) is 0 Å². The van der Waals surface area contributed by atoms with Crippen LogP contribution in [-0.2, 0) is 0 Å². The molecule has 2 aromatic rings. The molecule has 4 nitrogen and oxygen atoms in total. The van der Waals surface area contributed by atoms with Crippen molar-refractivity contribution in [3.8, 4) is 0 Å². The number of nitrogens with zero attached hydrogens (tertiary/aromatic N) is 4. The second kappa shape index (κ2) is 5.06. The minimum Gasteiger partial charge on any atom is -0.356 e. The first-order valence-corrected chi connectivity index (χ1v) is 7.59. The smallest absolute Gasteiger partial charge is 0.140 e.